The zero-order valence-electron chi connectivity index (χ0n) is 13.5. The largest absolute Gasteiger partial charge is 0.450 e. The van der Waals surface area contributed by atoms with Gasteiger partial charge in [-0.1, -0.05) is 0 Å². The molecule has 10 heteroatoms. The van der Waals surface area contributed by atoms with Crippen molar-refractivity contribution >= 4 is 36.8 Å². The van der Waals surface area contributed by atoms with Gasteiger partial charge >= 0.3 is 6.09 Å². The first-order valence-electron chi connectivity index (χ1n) is 7.66. The number of aromatic nitrogens is 2. The summed E-state index contributed by atoms with van der Waals surface area (Å²) in [6, 6.07) is -0.385. The van der Waals surface area contributed by atoms with Gasteiger partial charge in [-0.3, -0.25) is 4.79 Å². The van der Waals surface area contributed by atoms with Crippen LogP contribution in [0.1, 0.15) is 24.4 Å². The molecule has 3 rings (SSSR count). The average Bonchev–Trinajstić information content (AvgIpc) is 3.03. The highest BCUT2D eigenvalue weighted by Gasteiger charge is 2.33. The molecule has 1 unspecified atom stereocenters. The summed E-state index contributed by atoms with van der Waals surface area (Å²) in [5.74, 6) is 0.0246. The third-order valence-electron chi connectivity index (χ3n) is 4.11. The number of amides is 2. The van der Waals surface area contributed by atoms with Gasteiger partial charge in [0.2, 0.25) is 5.91 Å². The minimum atomic E-state index is -0.385. The molecular formula is C14H23Cl2N5O3. The number of nitrogens with one attached hydrogen (secondary N) is 2. The van der Waals surface area contributed by atoms with Gasteiger partial charge in [-0.25, -0.2) is 9.78 Å². The number of fused-ring (bicyclic) bond motifs is 1. The van der Waals surface area contributed by atoms with Gasteiger partial charge in [-0.05, 0) is 6.92 Å². The van der Waals surface area contributed by atoms with E-state index in [2.05, 4.69) is 15.3 Å². The molecule has 1 fully saturated rings. The lowest BCUT2D eigenvalue weighted by molar-refractivity contribution is -0.135. The highest BCUT2D eigenvalue weighted by atomic mass is 35.5. The predicted octanol–water partition coefficient (Wildman–Crippen LogP) is 0.741. The lowest BCUT2D eigenvalue weighted by Crippen LogP contribution is -2.53. The normalized spacial score (nSPS) is 19.6. The van der Waals surface area contributed by atoms with Crippen molar-refractivity contribution in [1.29, 1.82) is 0 Å². The molecule has 0 radical (unpaired) electrons. The van der Waals surface area contributed by atoms with Crippen LogP contribution < -0.4 is 5.32 Å². The van der Waals surface area contributed by atoms with Crippen molar-refractivity contribution in [1.82, 2.24) is 25.1 Å². The predicted molar refractivity (Wildman–Crippen MR) is 92.7 cm³/mol. The molecular weight excluding hydrogens is 357 g/mol. The van der Waals surface area contributed by atoms with Crippen LogP contribution in [0.4, 0.5) is 4.79 Å². The van der Waals surface area contributed by atoms with E-state index >= 15 is 0 Å². The summed E-state index contributed by atoms with van der Waals surface area (Å²) in [6.07, 6.45) is 2.19. The third kappa shape index (κ3) is 4.12. The molecule has 0 aliphatic carbocycles. The van der Waals surface area contributed by atoms with Gasteiger partial charge < -0.3 is 24.8 Å². The minimum absolute atomic E-state index is 0. The van der Waals surface area contributed by atoms with Crippen molar-refractivity contribution in [3.8, 4) is 0 Å². The van der Waals surface area contributed by atoms with E-state index in [0.717, 1.165) is 24.4 Å². The maximum atomic E-state index is 12.7. The molecule has 24 heavy (non-hydrogen) atoms. The van der Waals surface area contributed by atoms with E-state index < -0.39 is 0 Å². The number of carbonyl (C=O) groups is 2. The van der Waals surface area contributed by atoms with Gasteiger partial charge in [0.25, 0.3) is 0 Å². The Morgan fingerprint density at radius 3 is 2.58 bits per heavy atom. The second kappa shape index (κ2) is 9.10. The van der Waals surface area contributed by atoms with Crippen LogP contribution in [0.3, 0.4) is 0 Å². The molecule has 1 aromatic heterocycles. The number of carbonyl (C=O) groups excluding carboxylic acids is 2. The second-order valence-corrected chi connectivity index (χ2v) is 5.41. The van der Waals surface area contributed by atoms with Crippen molar-refractivity contribution in [2.75, 3.05) is 39.3 Å². The van der Waals surface area contributed by atoms with Gasteiger partial charge in [0, 0.05) is 44.8 Å². The number of hydrogen-bond donors (Lipinski definition) is 2. The van der Waals surface area contributed by atoms with E-state index in [1.807, 2.05) is 0 Å². The maximum absolute atomic E-state index is 12.7. The molecule has 0 saturated carbocycles. The van der Waals surface area contributed by atoms with Gasteiger partial charge in [-0.2, -0.15) is 0 Å². The Kier molecular flexibility index (Phi) is 7.78. The second-order valence-electron chi connectivity index (χ2n) is 5.41. The molecule has 1 saturated heterocycles. The Balaban J connectivity index is 0.00000144. The highest BCUT2D eigenvalue weighted by Crippen LogP contribution is 2.22. The molecule has 1 aromatic rings. The highest BCUT2D eigenvalue weighted by molar-refractivity contribution is 5.85. The molecule has 0 bridgehead atoms. The van der Waals surface area contributed by atoms with E-state index in [4.69, 9.17) is 4.74 Å². The maximum Gasteiger partial charge on any atom is 0.409 e. The van der Waals surface area contributed by atoms with Crippen LogP contribution >= 0.6 is 24.8 Å². The number of rotatable bonds is 2. The molecule has 0 spiro atoms. The summed E-state index contributed by atoms with van der Waals surface area (Å²) in [7, 11) is 0. The van der Waals surface area contributed by atoms with Crippen molar-refractivity contribution in [3.63, 3.8) is 0 Å². The summed E-state index contributed by atoms with van der Waals surface area (Å²) >= 11 is 0. The number of piperazine rings is 1. The summed E-state index contributed by atoms with van der Waals surface area (Å²) in [5.41, 5.74) is 1.83. The standard InChI is InChI=1S/C14H21N5O3.2ClH/c1-2-22-14(21)19-7-5-18(6-8-19)13(20)12-11-10(3-4-15-12)16-9-17-11;;/h9,12,15H,2-8H2,1H3,(H,16,17);2*1H. The molecule has 1 atom stereocenters. The number of hydrogen-bond acceptors (Lipinski definition) is 5. The van der Waals surface area contributed by atoms with E-state index in [9.17, 15) is 9.59 Å². The lowest BCUT2D eigenvalue weighted by atomic mass is 10.0. The van der Waals surface area contributed by atoms with Gasteiger partial charge in [-0.15, -0.1) is 24.8 Å². The van der Waals surface area contributed by atoms with Crippen molar-refractivity contribution in [3.05, 3.63) is 17.7 Å². The summed E-state index contributed by atoms with van der Waals surface area (Å²) < 4.78 is 4.99. The number of aromatic amines is 1. The van der Waals surface area contributed by atoms with Crippen LogP contribution in [-0.2, 0) is 16.0 Å². The fourth-order valence-electron chi connectivity index (χ4n) is 2.93. The number of imidazole rings is 1. The first-order valence-corrected chi connectivity index (χ1v) is 7.66. The van der Waals surface area contributed by atoms with E-state index in [0.29, 0.717) is 32.8 Å². The van der Waals surface area contributed by atoms with E-state index in [-0.39, 0.29) is 42.9 Å². The Labute approximate surface area is 153 Å². The molecule has 8 nitrogen and oxygen atoms in total. The molecule has 3 heterocycles. The molecule has 2 aliphatic rings. The molecule has 2 aliphatic heterocycles. The van der Waals surface area contributed by atoms with Crippen LogP contribution in [0.5, 0.6) is 0 Å². The van der Waals surface area contributed by atoms with Crippen LogP contribution in [0.15, 0.2) is 6.33 Å². The fraction of sp³-hybridized carbons (Fsp3) is 0.643. The Morgan fingerprint density at radius 2 is 1.92 bits per heavy atom. The van der Waals surface area contributed by atoms with Crippen LogP contribution in [0.25, 0.3) is 0 Å². The molecule has 0 aromatic carbocycles. The quantitative estimate of drug-likeness (QED) is 0.790. The summed E-state index contributed by atoms with van der Waals surface area (Å²) in [4.78, 5) is 35.2. The third-order valence-corrected chi connectivity index (χ3v) is 4.11. The van der Waals surface area contributed by atoms with Crippen molar-refractivity contribution < 1.29 is 14.3 Å². The van der Waals surface area contributed by atoms with Crippen LogP contribution in [-0.4, -0.2) is 71.1 Å². The average molecular weight is 380 g/mol. The molecule has 2 amide bonds. The Morgan fingerprint density at radius 1 is 1.25 bits per heavy atom. The van der Waals surface area contributed by atoms with Gasteiger partial charge in [0.1, 0.15) is 6.04 Å². The van der Waals surface area contributed by atoms with E-state index in [1.165, 1.54) is 0 Å². The number of H-pyrrole nitrogens is 1. The van der Waals surface area contributed by atoms with Gasteiger partial charge in [0.05, 0.1) is 18.6 Å². The summed E-state index contributed by atoms with van der Waals surface area (Å²) in [6.45, 7) is 4.97. The fourth-order valence-corrected chi connectivity index (χ4v) is 2.93. The summed E-state index contributed by atoms with van der Waals surface area (Å²) in [5, 5.41) is 3.23. The topological polar surface area (TPSA) is 90.6 Å². The first-order chi connectivity index (χ1) is 10.7. The first kappa shape index (κ1) is 20.5. The zero-order valence-corrected chi connectivity index (χ0v) is 15.1. The van der Waals surface area contributed by atoms with Crippen molar-refractivity contribution in [2.24, 2.45) is 0 Å². The van der Waals surface area contributed by atoms with E-state index in [1.54, 1.807) is 23.1 Å². The number of halogens is 2. The molecule has 136 valence electrons. The Hall–Kier alpha value is -1.51. The number of nitrogens with zero attached hydrogens (tertiary/aromatic N) is 3. The van der Waals surface area contributed by atoms with Crippen LogP contribution in [0.2, 0.25) is 0 Å². The Bertz CT molecular complexity index is 560. The van der Waals surface area contributed by atoms with Crippen molar-refractivity contribution in [2.45, 2.75) is 19.4 Å². The number of ether oxygens (including phenoxy) is 1. The lowest BCUT2D eigenvalue weighted by Gasteiger charge is -2.36. The SMILES string of the molecule is CCOC(=O)N1CCN(C(=O)C2NCCc3[nH]cnc32)CC1.Cl.Cl. The van der Waals surface area contributed by atoms with Gasteiger partial charge in [0.15, 0.2) is 0 Å². The minimum Gasteiger partial charge on any atom is -0.450 e. The monoisotopic (exact) mass is 379 g/mol. The van der Waals surface area contributed by atoms with Crippen LogP contribution in [0, 0.1) is 0 Å². The molecule has 2 N–H and O–H groups in total. The zero-order chi connectivity index (χ0) is 15.5. The smallest absolute Gasteiger partial charge is 0.409 e.